The van der Waals surface area contributed by atoms with Gasteiger partial charge in [-0.05, 0) is 49.8 Å². The van der Waals surface area contributed by atoms with Crippen molar-refractivity contribution in [3.05, 3.63) is 51.4 Å². The number of benzene rings is 1. The number of hydrogen-bond donors (Lipinski definition) is 1. The highest BCUT2D eigenvalue weighted by Gasteiger charge is 2.19. The Balaban J connectivity index is 1.91. The zero-order valence-electron chi connectivity index (χ0n) is 12.6. The lowest BCUT2D eigenvalue weighted by molar-refractivity contribution is 0.661. The van der Waals surface area contributed by atoms with E-state index in [-0.39, 0.29) is 5.56 Å². The van der Waals surface area contributed by atoms with Gasteiger partial charge in [0, 0.05) is 5.56 Å². The van der Waals surface area contributed by atoms with Gasteiger partial charge in [0.1, 0.15) is 0 Å². The first-order valence-corrected chi connectivity index (χ1v) is 7.86. The summed E-state index contributed by atoms with van der Waals surface area (Å²) in [6, 6.07) is 8.04. The first kappa shape index (κ1) is 13.2. The number of nitrogens with zero attached hydrogens (tertiary/aromatic N) is 3. The molecule has 0 spiro atoms. The Morgan fingerprint density at radius 2 is 1.91 bits per heavy atom. The summed E-state index contributed by atoms with van der Waals surface area (Å²) in [6.07, 6.45) is 5.20. The number of fused-ring (bicyclic) bond motifs is 3. The van der Waals surface area contributed by atoms with Gasteiger partial charge in [0.15, 0.2) is 5.52 Å². The molecule has 0 saturated carbocycles. The van der Waals surface area contributed by atoms with Crippen molar-refractivity contribution in [3.63, 3.8) is 0 Å². The fourth-order valence-corrected chi connectivity index (χ4v) is 3.17. The van der Waals surface area contributed by atoms with Gasteiger partial charge < -0.3 is 0 Å². The van der Waals surface area contributed by atoms with E-state index in [4.69, 9.17) is 0 Å². The topological polar surface area (TPSA) is 63.6 Å². The molecular weight excluding hydrogens is 276 g/mol. The second-order valence-corrected chi connectivity index (χ2v) is 5.83. The van der Waals surface area contributed by atoms with E-state index >= 15 is 0 Å². The Kier molecular flexibility index (Phi) is 3.06. The van der Waals surface area contributed by atoms with Gasteiger partial charge in [-0.2, -0.15) is 5.10 Å². The zero-order valence-corrected chi connectivity index (χ0v) is 12.6. The smallest absolute Gasteiger partial charge is 0.288 e. The Bertz CT molecular complexity index is 889. The van der Waals surface area contributed by atoms with E-state index in [9.17, 15) is 4.79 Å². The Morgan fingerprint density at radius 3 is 2.68 bits per heavy atom. The maximum Gasteiger partial charge on any atom is 0.299 e. The van der Waals surface area contributed by atoms with Crippen LogP contribution in [0.5, 0.6) is 0 Å². The molecule has 1 aliphatic carbocycles. The van der Waals surface area contributed by atoms with E-state index in [2.05, 4.69) is 34.4 Å². The zero-order chi connectivity index (χ0) is 15.1. The van der Waals surface area contributed by atoms with Crippen LogP contribution in [-0.2, 0) is 19.3 Å². The van der Waals surface area contributed by atoms with Crippen molar-refractivity contribution >= 4 is 11.0 Å². The Labute approximate surface area is 128 Å². The number of H-pyrrole nitrogens is 1. The summed E-state index contributed by atoms with van der Waals surface area (Å²) in [5, 5.41) is 11.7. The van der Waals surface area contributed by atoms with Crippen molar-refractivity contribution in [3.8, 4) is 5.69 Å². The molecule has 0 saturated heterocycles. The van der Waals surface area contributed by atoms with E-state index in [0.717, 1.165) is 54.6 Å². The molecule has 0 fully saturated rings. The molecule has 2 heterocycles. The van der Waals surface area contributed by atoms with E-state index in [1.165, 1.54) is 5.56 Å². The summed E-state index contributed by atoms with van der Waals surface area (Å²) in [4.78, 5) is 12.6. The highest BCUT2D eigenvalue weighted by atomic mass is 16.1. The minimum Gasteiger partial charge on any atom is -0.288 e. The maximum atomic E-state index is 12.6. The van der Waals surface area contributed by atoms with Gasteiger partial charge in [-0.25, -0.2) is 4.68 Å². The second-order valence-electron chi connectivity index (χ2n) is 5.83. The van der Waals surface area contributed by atoms with E-state index in [0.29, 0.717) is 5.52 Å². The summed E-state index contributed by atoms with van der Waals surface area (Å²) >= 11 is 0. The summed E-state index contributed by atoms with van der Waals surface area (Å²) in [6.45, 7) is 2.12. The third-order valence-electron chi connectivity index (χ3n) is 4.48. The summed E-state index contributed by atoms with van der Waals surface area (Å²) in [5.41, 5.74) is 5.47. The van der Waals surface area contributed by atoms with Crippen molar-refractivity contribution in [1.29, 1.82) is 0 Å². The number of nitrogens with one attached hydrogen (secondary N) is 1. The summed E-state index contributed by atoms with van der Waals surface area (Å²) in [7, 11) is 0. The van der Waals surface area contributed by atoms with Crippen LogP contribution in [0.4, 0.5) is 0 Å². The van der Waals surface area contributed by atoms with Crippen molar-refractivity contribution in [1.82, 2.24) is 20.0 Å². The average molecular weight is 294 g/mol. The molecule has 112 valence electrons. The number of hydrogen-bond acceptors (Lipinski definition) is 3. The molecule has 1 aliphatic rings. The number of aromatic nitrogens is 4. The summed E-state index contributed by atoms with van der Waals surface area (Å²) in [5.74, 6) is 0. The molecular formula is C17H18N4O. The van der Waals surface area contributed by atoms with Crippen LogP contribution in [0.1, 0.15) is 36.6 Å². The van der Waals surface area contributed by atoms with Crippen LogP contribution in [0.25, 0.3) is 16.7 Å². The van der Waals surface area contributed by atoms with Crippen molar-refractivity contribution < 1.29 is 0 Å². The largest absolute Gasteiger partial charge is 0.299 e. The number of aryl methyl sites for hydroxylation is 3. The quantitative estimate of drug-likeness (QED) is 0.790. The molecule has 5 heteroatoms. The molecule has 0 amide bonds. The van der Waals surface area contributed by atoms with E-state index in [1.54, 1.807) is 4.68 Å². The Morgan fingerprint density at radius 1 is 1.14 bits per heavy atom. The number of rotatable bonds is 2. The highest BCUT2D eigenvalue weighted by Crippen LogP contribution is 2.24. The third-order valence-corrected chi connectivity index (χ3v) is 4.48. The van der Waals surface area contributed by atoms with Crippen LogP contribution in [0.2, 0.25) is 0 Å². The second kappa shape index (κ2) is 5.09. The fraction of sp³-hybridized carbons (Fsp3) is 0.353. The standard InChI is InChI=1S/C17H18N4O/c1-2-11-7-9-12(10-8-11)21-17(22)16-15(20-21)13-5-3-4-6-14(13)18-19-16/h7-10,20H,2-6H2,1H3. The molecule has 1 aromatic carbocycles. The van der Waals surface area contributed by atoms with Gasteiger partial charge in [-0.3, -0.25) is 9.89 Å². The first-order chi connectivity index (χ1) is 10.8. The van der Waals surface area contributed by atoms with Gasteiger partial charge >= 0.3 is 0 Å². The van der Waals surface area contributed by atoms with Crippen LogP contribution in [0, 0.1) is 0 Å². The molecule has 0 bridgehead atoms. The van der Waals surface area contributed by atoms with Crippen LogP contribution in [-0.4, -0.2) is 20.0 Å². The van der Waals surface area contributed by atoms with Gasteiger partial charge in [0.05, 0.1) is 16.9 Å². The van der Waals surface area contributed by atoms with Crippen LogP contribution in [0.15, 0.2) is 29.1 Å². The third kappa shape index (κ3) is 1.96. The van der Waals surface area contributed by atoms with Gasteiger partial charge in [-0.1, -0.05) is 19.1 Å². The molecule has 0 atom stereocenters. The molecule has 5 nitrogen and oxygen atoms in total. The predicted molar refractivity (Wildman–Crippen MR) is 85.5 cm³/mol. The van der Waals surface area contributed by atoms with Crippen LogP contribution in [0.3, 0.4) is 0 Å². The minimum atomic E-state index is -0.125. The van der Waals surface area contributed by atoms with Crippen LogP contribution >= 0.6 is 0 Å². The Hall–Kier alpha value is -2.43. The predicted octanol–water partition coefficient (Wildman–Crippen LogP) is 2.55. The molecule has 2 aromatic heterocycles. The average Bonchev–Trinajstić information content (AvgIpc) is 2.92. The monoisotopic (exact) mass is 294 g/mol. The maximum absolute atomic E-state index is 12.6. The number of aromatic amines is 1. The van der Waals surface area contributed by atoms with Gasteiger partial charge in [0.2, 0.25) is 0 Å². The lowest BCUT2D eigenvalue weighted by Crippen LogP contribution is -2.15. The highest BCUT2D eigenvalue weighted by molar-refractivity contribution is 5.78. The van der Waals surface area contributed by atoms with Gasteiger partial charge in [-0.15, -0.1) is 5.10 Å². The summed E-state index contributed by atoms with van der Waals surface area (Å²) < 4.78 is 1.58. The van der Waals surface area contributed by atoms with Gasteiger partial charge in [0.25, 0.3) is 5.56 Å². The molecule has 0 aliphatic heterocycles. The van der Waals surface area contributed by atoms with Crippen molar-refractivity contribution in [2.45, 2.75) is 39.0 Å². The van der Waals surface area contributed by atoms with E-state index < -0.39 is 0 Å². The fourth-order valence-electron chi connectivity index (χ4n) is 3.17. The molecule has 1 N–H and O–H groups in total. The normalized spacial score (nSPS) is 14.2. The molecule has 4 rings (SSSR count). The molecule has 0 unspecified atom stereocenters. The molecule has 3 aromatic rings. The minimum absolute atomic E-state index is 0.125. The SMILES string of the molecule is CCc1ccc(-n2[nH]c3c4c(nnc3c2=O)CCCC4)cc1. The van der Waals surface area contributed by atoms with E-state index in [1.807, 2.05) is 12.1 Å². The molecule has 0 radical (unpaired) electrons. The first-order valence-electron chi connectivity index (χ1n) is 7.86. The van der Waals surface area contributed by atoms with Crippen LogP contribution < -0.4 is 5.56 Å². The van der Waals surface area contributed by atoms with Crippen molar-refractivity contribution in [2.24, 2.45) is 0 Å². The lowest BCUT2D eigenvalue weighted by atomic mass is 9.96. The molecule has 22 heavy (non-hydrogen) atoms. The van der Waals surface area contributed by atoms with Crippen molar-refractivity contribution in [2.75, 3.05) is 0 Å². The lowest BCUT2D eigenvalue weighted by Gasteiger charge is -2.13.